The molecule has 0 radical (unpaired) electrons. The van der Waals surface area contributed by atoms with Gasteiger partial charge >= 0.3 is 0 Å². The maximum absolute atomic E-state index is 10.3. The SMILES string of the molecule is O=CCC(CC=O)S(=O)(=O)O. The van der Waals surface area contributed by atoms with E-state index < -0.39 is 15.4 Å². The third-order valence-electron chi connectivity index (χ3n) is 1.14. The lowest BCUT2D eigenvalue weighted by Gasteiger charge is -2.04. The van der Waals surface area contributed by atoms with Crippen molar-refractivity contribution in [2.75, 3.05) is 0 Å². The lowest BCUT2D eigenvalue weighted by atomic mass is 10.2. The summed E-state index contributed by atoms with van der Waals surface area (Å²) in [6.45, 7) is 0. The predicted octanol–water partition coefficient (Wildman–Crippen LogP) is -0.579. The summed E-state index contributed by atoms with van der Waals surface area (Å²) in [6, 6.07) is 0. The molecule has 0 saturated heterocycles. The summed E-state index contributed by atoms with van der Waals surface area (Å²) in [6.07, 6.45) is -0.000972. The van der Waals surface area contributed by atoms with E-state index in [1.54, 1.807) is 0 Å². The van der Waals surface area contributed by atoms with Gasteiger partial charge in [0.2, 0.25) is 0 Å². The average Bonchev–Trinajstić information content (AvgIpc) is 1.85. The summed E-state index contributed by atoms with van der Waals surface area (Å²) in [4.78, 5) is 19.7. The van der Waals surface area contributed by atoms with Gasteiger partial charge in [-0.3, -0.25) is 4.55 Å². The number of carbonyl (C=O) groups excluding carboxylic acids is 2. The van der Waals surface area contributed by atoms with E-state index in [4.69, 9.17) is 4.55 Å². The summed E-state index contributed by atoms with van der Waals surface area (Å²) in [5.74, 6) is 0. The predicted molar refractivity (Wildman–Crippen MR) is 36.7 cm³/mol. The lowest BCUT2D eigenvalue weighted by molar-refractivity contribution is -0.108. The highest BCUT2D eigenvalue weighted by Crippen LogP contribution is 2.05. The highest BCUT2D eigenvalue weighted by atomic mass is 32.2. The van der Waals surface area contributed by atoms with Crippen LogP contribution >= 0.6 is 0 Å². The number of hydrogen-bond donors (Lipinski definition) is 1. The van der Waals surface area contributed by atoms with Gasteiger partial charge in [0, 0.05) is 12.8 Å². The van der Waals surface area contributed by atoms with Gasteiger partial charge in [0.15, 0.2) is 0 Å². The van der Waals surface area contributed by atoms with Crippen LogP contribution < -0.4 is 0 Å². The molecule has 0 aromatic rings. The van der Waals surface area contributed by atoms with Gasteiger partial charge in [0.1, 0.15) is 12.6 Å². The third kappa shape index (κ3) is 3.84. The fraction of sp³-hybridized carbons (Fsp3) is 0.600. The van der Waals surface area contributed by atoms with Gasteiger partial charge in [-0.15, -0.1) is 0 Å². The molecule has 0 aromatic heterocycles. The van der Waals surface area contributed by atoms with Gasteiger partial charge in [0.25, 0.3) is 10.1 Å². The van der Waals surface area contributed by atoms with Gasteiger partial charge in [-0.25, -0.2) is 0 Å². The molecule has 64 valence electrons. The second-order valence-electron chi connectivity index (χ2n) is 1.94. The first-order valence-corrected chi connectivity index (χ1v) is 4.36. The van der Waals surface area contributed by atoms with E-state index >= 15 is 0 Å². The van der Waals surface area contributed by atoms with Crippen LogP contribution in [0, 0.1) is 0 Å². The minimum Gasteiger partial charge on any atom is -0.303 e. The monoisotopic (exact) mass is 180 g/mol. The Kier molecular flexibility index (Phi) is 3.91. The Hall–Kier alpha value is -0.750. The fourth-order valence-electron chi connectivity index (χ4n) is 0.554. The molecule has 0 aromatic carbocycles. The first-order chi connectivity index (χ1) is 5.02. The van der Waals surface area contributed by atoms with Crippen molar-refractivity contribution in [3.8, 4) is 0 Å². The van der Waals surface area contributed by atoms with Gasteiger partial charge in [-0.2, -0.15) is 8.42 Å². The van der Waals surface area contributed by atoms with Crippen molar-refractivity contribution in [3.05, 3.63) is 0 Å². The maximum Gasteiger partial charge on any atom is 0.268 e. The molecule has 0 fully saturated rings. The average molecular weight is 180 g/mol. The quantitative estimate of drug-likeness (QED) is 0.451. The Labute approximate surface area is 64.2 Å². The topological polar surface area (TPSA) is 88.5 Å². The van der Waals surface area contributed by atoms with Gasteiger partial charge in [-0.05, 0) is 0 Å². The molecule has 0 saturated carbocycles. The maximum atomic E-state index is 10.3. The van der Waals surface area contributed by atoms with Crippen LogP contribution in [0.4, 0.5) is 0 Å². The summed E-state index contributed by atoms with van der Waals surface area (Å²) < 4.78 is 29.1. The van der Waals surface area contributed by atoms with Crippen molar-refractivity contribution >= 4 is 22.7 Å². The smallest absolute Gasteiger partial charge is 0.268 e. The number of rotatable bonds is 5. The third-order valence-corrected chi connectivity index (χ3v) is 2.37. The van der Waals surface area contributed by atoms with Crippen LogP contribution in [0.1, 0.15) is 12.8 Å². The molecule has 1 N–H and O–H groups in total. The van der Waals surface area contributed by atoms with Gasteiger partial charge < -0.3 is 9.59 Å². The molecule has 0 bridgehead atoms. The second kappa shape index (κ2) is 4.20. The normalized spacial score (nSPS) is 11.5. The molecular weight excluding hydrogens is 172 g/mol. The Bertz CT molecular complexity index is 219. The zero-order chi connectivity index (χ0) is 8.91. The van der Waals surface area contributed by atoms with Crippen LogP contribution in [0.5, 0.6) is 0 Å². The minimum atomic E-state index is -4.25. The van der Waals surface area contributed by atoms with Gasteiger partial charge in [0.05, 0.1) is 5.25 Å². The van der Waals surface area contributed by atoms with Crippen LogP contribution in [0.15, 0.2) is 0 Å². The summed E-state index contributed by atoms with van der Waals surface area (Å²) in [5, 5.41) is -1.28. The van der Waals surface area contributed by atoms with Crippen molar-refractivity contribution in [1.29, 1.82) is 0 Å². The molecule has 11 heavy (non-hydrogen) atoms. The highest BCUT2D eigenvalue weighted by molar-refractivity contribution is 7.86. The van der Waals surface area contributed by atoms with Crippen molar-refractivity contribution in [2.45, 2.75) is 18.1 Å². The molecule has 0 amide bonds. The first-order valence-electron chi connectivity index (χ1n) is 2.86. The van der Waals surface area contributed by atoms with Crippen LogP contribution in [-0.2, 0) is 19.7 Å². The molecule has 0 atom stereocenters. The second-order valence-corrected chi connectivity index (χ2v) is 3.64. The molecule has 5 nitrogen and oxygen atoms in total. The summed E-state index contributed by atoms with van der Waals surface area (Å²) in [7, 11) is -4.25. The van der Waals surface area contributed by atoms with E-state index in [-0.39, 0.29) is 12.8 Å². The van der Waals surface area contributed by atoms with Crippen molar-refractivity contribution < 1.29 is 22.6 Å². The number of hydrogen-bond acceptors (Lipinski definition) is 4. The molecular formula is C5H8O5S. The van der Waals surface area contributed by atoms with Crippen molar-refractivity contribution in [1.82, 2.24) is 0 Å². The zero-order valence-electron chi connectivity index (χ0n) is 5.63. The van der Waals surface area contributed by atoms with E-state index in [9.17, 15) is 18.0 Å². The highest BCUT2D eigenvalue weighted by Gasteiger charge is 2.21. The standard InChI is InChI=1S/C5H8O5S/c6-3-1-5(2-4-7)11(8,9)10/h3-5H,1-2H2,(H,8,9,10). The van der Waals surface area contributed by atoms with Crippen molar-refractivity contribution in [3.63, 3.8) is 0 Å². The molecule has 0 rings (SSSR count). The molecule has 0 aliphatic rings. The molecule has 6 heteroatoms. The van der Waals surface area contributed by atoms with E-state index in [2.05, 4.69) is 0 Å². The Balaban J connectivity index is 4.33. The number of aldehydes is 2. The first kappa shape index (κ1) is 10.2. The largest absolute Gasteiger partial charge is 0.303 e. The summed E-state index contributed by atoms with van der Waals surface area (Å²) in [5.41, 5.74) is 0. The van der Waals surface area contributed by atoms with E-state index in [0.717, 1.165) is 0 Å². The Morgan fingerprint density at radius 2 is 1.55 bits per heavy atom. The van der Waals surface area contributed by atoms with Crippen molar-refractivity contribution in [2.24, 2.45) is 0 Å². The van der Waals surface area contributed by atoms with Crippen LogP contribution in [-0.4, -0.2) is 30.8 Å². The van der Waals surface area contributed by atoms with Crippen LogP contribution in [0.2, 0.25) is 0 Å². The zero-order valence-corrected chi connectivity index (χ0v) is 6.45. The molecule has 0 heterocycles. The van der Waals surface area contributed by atoms with E-state index in [1.165, 1.54) is 0 Å². The van der Waals surface area contributed by atoms with Crippen LogP contribution in [0.3, 0.4) is 0 Å². The minimum absolute atomic E-state index is 0.349. The molecule has 0 unspecified atom stereocenters. The molecule has 0 aliphatic carbocycles. The Morgan fingerprint density at radius 1 is 1.18 bits per heavy atom. The Morgan fingerprint density at radius 3 is 1.73 bits per heavy atom. The number of carbonyl (C=O) groups is 2. The lowest BCUT2D eigenvalue weighted by Crippen LogP contribution is -2.21. The van der Waals surface area contributed by atoms with E-state index in [1.807, 2.05) is 0 Å². The molecule has 0 aliphatic heterocycles. The van der Waals surface area contributed by atoms with E-state index in [0.29, 0.717) is 12.6 Å². The van der Waals surface area contributed by atoms with Gasteiger partial charge in [-0.1, -0.05) is 0 Å². The fourth-order valence-corrected chi connectivity index (χ4v) is 1.20. The summed E-state index contributed by atoms with van der Waals surface area (Å²) >= 11 is 0. The van der Waals surface area contributed by atoms with Crippen LogP contribution in [0.25, 0.3) is 0 Å². The molecule has 0 spiro atoms.